The molecule has 1 aliphatic rings. The fourth-order valence-electron chi connectivity index (χ4n) is 2.99. The number of allylic oxidation sites excluding steroid dienone is 2. The van der Waals surface area contributed by atoms with Crippen LogP contribution in [0.4, 0.5) is 11.4 Å². The van der Waals surface area contributed by atoms with Crippen LogP contribution in [0, 0.1) is 0 Å². The van der Waals surface area contributed by atoms with Gasteiger partial charge in [0.2, 0.25) is 5.96 Å². The number of guanidine groups is 1. The molecule has 0 unspecified atom stereocenters. The first kappa shape index (κ1) is 15.3. The normalized spacial score (nSPS) is 16.7. The summed E-state index contributed by atoms with van der Waals surface area (Å²) in [6, 6.07) is 16.8. The summed E-state index contributed by atoms with van der Waals surface area (Å²) in [7, 11) is 4.18. The predicted molar refractivity (Wildman–Crippen MR) is 99.2 cm³/mol. The summed E-state index contributed by atoms with van der Waals surface area (Å²) in [6.45, 7) is 5.07. The minimum Gasteiger partial charge on any atom is -0.341 e. The standard InChI is InChI=1S/C20H23N3/c1-5-15(2)17-11-7-8-12-18(17)21-20-22(3)14-16-10-6-9-13-19(16)23(20)4/h5-13H,14H2,1-4H3. The van der Waals surface area contributed by atoms with Crippen LogP contribution in [-0.2, 0) is 6.54 Å². The third-order valence-corrected chi connectivity index (χ3v) is 4.38. The molecule has 0 aliphatic carbocycles. The lowest BCUT2D eigenvalue weighted by Gasteiger charge is -2.36. The zero-order valence-corrected chi connectivity index (χ0v) is 14.2. The molecule has 0 spiro atoms. The predicted octanol–water partition coefficient (Wildman–Crippen LogP) is 4.68. The lowest BCUT2D eigenvalue weighted by atomic mass is 10.1. The molecule has 0 atom stereocenters. The highest BCUT2D eigenvalue weighted by molar-refractivity contribution is 6.00. The highest BCUT2D eigenvalue weighted by atomic mass is 15.4. The average Bonchev–Trinajstić information content (AvgIpc) is 2.58. The van der Waals surface area contributed by atoms with Crippen molar-refractivity contribution < 1.29 is 0 Å². The van der Waals surface area contributed by atoms with Gasteiger partial charge in [0.05, 0.1) is 5.69 Å². The Kier molecular flexibility index (Phi) is 4.20. The minimum absolute atomic E-state index is 0.879. The van der Waals surface area contributed by atoms with Crippen LogP contribution in [0.15, 0.2) is 59.6 Å². The van der Waals surface area contributed by atoms with Crippen LogP contribution >= 0.6 is 0 Å². The molecule has 2 aromatic carbocycles. The van der Waals surface area contributed by atoms with Crippen LogP contribution in [0.3, 0.4) is 0 Å². The van der Waals surface area contributed by atoms with Crippen molar-refractivity contribution in [2.75, 3.05) is 19.0 Å². The smallest absolute Gasteiger partial charge is 0.206 e. The Bertz CT molecular complexity index is 774. The van der Waals surface area contributed by atoms with Gasteiger partial charge in [-0.05, 0) is 37.1 Å². The number of anilines is 1. The second kappa shape index (κ2) is 6.29. The topological polar surface area (TPSA) is 18.8 Å². The summed E-state index contributed by atoms with van der Waals surface area (Å²) in [5, 5.41) is 0. The minimum atomic E-state index is 0.879. The van der Waals surface area contributed by atoms with E-state index in [1.54, 1.807) is 0 Å². The van der Waals surface area contributed by atoms with Gasteiger partial charge in [-0.3, -0.25) is 0 Å². The first-order valence-corrected chi connectivity index (χ1v) is 7.95. The van der Waals surface area contributed by atoms with E-state index in [0.717, 1.165) is 18.2 Å². The molecule has 3 rings (SSSR count). The monoisotopic (exact) mass is 305 g/mol. The van der Waals surface area contributed by atoms with E-state index in [1.165, 1.54) is 22.4 Å². The second-order valence-corrected chi connectivity index (χ2v) is 5.94. The number of hydrogen-bond acceptors (Lipinski definition) is 1. The molecule has 0 bridgehead atoms. The van der Waals surface area contributed by atoms with E-state index in [4.69, 9.17) is 4.99 Å². The van der Waals surface area contributed by atoms with Crippen molar-refractivity contribution in [2.45, 2.75) is 20.4 Å². The van der Waals surface area contributed by atoms with Gasteiger partial charge in [0, 0.05) is 31.9 Å². The van der Waals surface area contributed by atoms with E-state index in [0.29, 0.717) is 0 Å². The molecule has 0 amide bonds. The van der Waals surface area contributed by atoms with Gasteiger partial charge >= 0.3 is 0 Å². The van der Waals surface area contributed by atoms with Gasteiger partial charge in [-0.1, -0.05) is 42.5 Å². The molecule has 0 aromatic heterocycles. The van der Waals surface area contributed by atoms with Gasteiger partial charge in [0.25, 0.3) is 0 Å². The second-order valence-electron chi connectivity index (χ2n) is 5.94. The average molecular weight is 305 g/mol. The number of hydrogen-bond donors (Lipinski definition) is 0. The summed E-state index contributed by atoms with van der Waals surface area (Å²) in [5.74, 6) is 0.972. The molecule has 2 aromatic rings. The third kappa shape index (κ3) is 2.87. The zero-order chi connectivity index (χ0) is 16.4. The van der Waals surface area contributed by atoms with Crippen LogP contribution in [0.2, 0.25) is 0 Å². The lowest BCUT2D eigenvalue weighted by Crippen LogP contribution is -2.44. The Morgan fingerprint density at radius 2 is 1.74 bits per heavy atom. The van der Waals surface area contributed by atoms with Crippen molar-refractivity contribution in [1.29, 1.82) is 0 Å². The van der Waals surface area contributed by atoms with Gasteiger partial charge in [0.1, 0.15) is 0 Å². The van der Waals surface area contributed by atoms with E-state index in [2.05, 4.69) is 86.3 Å². The Balaban J connectivity index is 2.07. The highest BCUT2D eigenvalue weighted by Gasteiger charge is 2.23. The summed E-state index contributed by atoms with van der Waals surface area (Å²) < 4.78 is 0. The van der Waals surface area contributed by atoms with Crippen molar-refractivity contribution in [1.82, 2.24) is 4.90 Å². The fraction of sp³-hybridized carbons (Fsp3) is 0.250. The van der Waals surface area contributed by atoms with E-state index in [9.17, 15) is 0 Å². The number of nitrogens with zero attached hydrogens (tertiary/aromatic N) is 3. The van der Waals surface area contributed by atoms with Crippen LogP contribution in [0.25, 0.3) is 5.57 Å². The largest absolute Gasteiger partial charge is 0.341 e. The molecular weight excluding hydrogens is 282 g/mol. The first-order chi connectivity index (χ1) is 11.1. The summed E-state index contributed by atoms with van der Waals surface area (Å²) >= 11 is 0. The molecule has 0 fully saturated rings. The van der Waals surface area contributed by atoms with Crippen LogP contribution in [0.5, 0.6) is 0 Å². The van der Waals surface area contributed by atoms with E-state index in [-0.39, 0.29) is 0 Å². The van der Waals surface area contributed by atoms with Crippen LogP contribution in [-0.4, -0.2) is 25.0 Å². The quantitative estimate of drug-likeness (QED) is 0.802. The molecule has 0 saturated heterocycles. The third-order valence-electron chi connectivity index (χ3n) is 4.38. The van der Waals surface area contributed by atoms with Crippen molar-refractivity contribution >= 4 is 22.9 Å². The van der Waals surface area contributed by atoms with Gasteiger partial charge in [0.15, 0.2) is 0 Å². The Morgan fingerprint density at radius 1 is 1.04 bits per heavy atom. The number of fused-ring (bicyclic) bond motifs is 1. The van der Waals surface area contributed by atoms with Gasteiger partial charge < -0.3 is 9.80 Å². The van der Waals surface area contributed by atoms with E-state index in [1.807, 2.05) is 6.07 Å². The highest BCUT2D eigenvalue weighted by Crippen LogP contribution is 2.30. The number of para-hydroxylation sites is 2. The zero-order valence-electron chi connectivity index (χ0n) is 14.2. The number of rotatable bonds is 2. The van der Waals surface area contributed by atoms with Crippen LogP contribution in [0.1, 0.15) is 25.0 Å². The molecule has 3 nitrogen and oxygen atoms in total. The molecule has 0 radical (unpaired) electrons. The Morgan fingerprint density at radius 3 is 2.52 bits per heavy atom. The molecule has 118 valence electrons. The Labute approximate surface area is 138 Å². The summed E-state index contributed by atoms with van der Waals surface area (Å²) in [6.07, 6.45) is 2.13. The van der Waals surface area contributed by atoms with Gasteiger partial charge in [-0.25, -0.2) is 4.99 Å². The molecule has 23 heavy (non-hydrogen) atoms. The van der Waals surface area contributed by atoms with Crippen molar-refractivity contribution in [3.05, 3.63) is 65.7 Å². The van der Waals surface area contributed by atoms with Gasteiger partial charge in [-0.15, -0.1) is 0 Å². The number of aliphatic imine (C=N–C) groups is 1. The summed E-state index contributed by atoms with van der Waals surface area (Å²) in [4.78, 5) is 9.34. The summed E-state index contributed by atoms with van der Waals surface area (Å²) in [5.41, 5.74) is 5.99. The van der Waals surface area contributed by atoms with Crippen molar-refractivity contribution in [2.24, 2.45) is 4.99 Å². The fourth-order valence-corrected chi connectivity index (χ4v) is 2.99. The lowest BCUT2D eigenvalue weighted by molar-refractivity contribution is 0.480. The first-order valence-electron chi connectivity index (χ1n) is 7.95. The maximum atomic E-state index is 4.98. The molecule has 1 heterocycles. The van der Waals surface area contributed by atoms with E-state index >= 15 is 0 Å². The SMILES string of the molecule is CC=C(C)c1ccccc1N=C1N(C)Cc2ccccc2N1C. The van der Waals surface area contributed by atoms with Crippen molar-refractivity contribution in [3.63, 3.8) is 0 Å². The van der Waals surface area contributed by atoms with Crippen LogP contribution < -0.4 is 4.90 Å². The van der Waals surface area contributed by atoms with E-state index < -0.39 is 0 Å². The molecule has 1 aliphatic heterocycles. The van der Waals surface area contributed by atoms with Crippen molar-refractivity contribution in [3.8, 4) is 0 Å². The van der Waals surface area contributed by atoms with Gasteiger partial charge in [-0.2, -0.15) is 0 Å². The maximum Gasteiger partial charge on any atom is 0.206 e. The molecule has 3 heteroatoms. The molecular formula is C20H23N3. The Hall–Kier alpha value is -2.55. The number of benzene rings is 2. The maximum absolute atomic E-state index is 4.98. The molecule has 0 N–H and O–H groups in total. The molecule has 0 saturated carbocycles.